The van der Waals surface area contributed by atoms with Crippen molar-refractivity contribution in [2.45, 2.75) is 25.6 Å². The number of ether oxygens (including phenoxy) is 1. The summed E-state index contributed by atoms with van der Waals surface area (Å²) in [5.41, 5.74) is 3.78. The van der Waals surface area contributed by atoms with E-state index in [1.54, 1.807) is 6.92 Å². The highest BCUT2D eigenvalue weighted by Gasteiger charge is 2.33. The quantitative estimate of drug-likeness (QED) is 0.692. The number of carbonyl (C=O) groups is 1. The summed E-state index contributed by atoms with van der Waals surface area (Å²) in [4.78, 5) is 11.0. The third-order valence-corrected chi connectivity index (χ3v) is 1.77. The van der Waals surface area contributed by atoms with Crippen LogP contribution >= 0.6 is 0 Å². The van der Waals surface area contributed by atoms with Crippen molar-refractivity contribution < 1.29 is 22.7 Å². The Morgan fingerprint density at radius 2 is 1.93 bits per heavy atom. The molecule has 1 unspecified atom stereocenters. The maximum absolute atomic E-state index is 11.8. The van der Waals surface area contributed by atoms with Crippen molar-refractivity contribution in [2.24, 2.45) is 5.73 Å². The number of likely N-dealkylation sites (N-methyl/N-ethyl adjacent to an activating group) is 1. The molecule has 1 atom stereocenters. The number of alkyl halides is 3. The number of amides is 1. The first-order valence-electron chi connectivity index (χ1n) is 4.40. The number of nitrogens with one attached hydrogen (secondary N) is 1. The molecule has 0 fully saturated rings. The van der Waals surface area contributed by atoms with Gasteiger partial charge in [-0.3, -0.25) is 4.79 Å². The summed E-state index contributed by atoms with van der Waals surface area (Å²) < 4.78 is 39.7. The maximum Gasteiger partial charge on any atom is 0.411 e. The number of hydrogen-bond acceptors (Lipinski definition) is 3. The molecular weight excluding hydrogens is 213 g/mol. The number of primary amides is 1. The van der Waals surface area contributed by atoms with Gasteiger partial charge < -0.3 is 15.8 Å². The molecule has 0 spiro atoms. The van der Waals surface area contributed by atoms with Gasteiger partial charge in [0, 0.05) is 0 Å². The molecule has 0 saturated carbocycles. The molecule has 0 aliphatic carbocycles. The van der Waals surface area contributed by atoms with E-state index in [1.807, 2.05) is 0 Å². The Hall–Kier alpha value is -0.820. The van der Waals surface area contributed by atoms with Gasteiger partial charge in [0.25, 0.3) is 0 Å². The van der Waals surface area contributed by atoms with E-state index < -0.39 is 30.8 Å². The molecule has 0 radical (unpaired) electrons. The fourth-order valence-corrected chi connectivity index (χ4v) is 0.970. The Kier molecular flexibility index (Phi) is 5.02. The SMILES string of the molecule is CCNC(C)(COCC(F)(F)F)C(N)=O. The summed E-state index contributed by atoms with van der Waals surface area (Å²) in [6, 6.07) is 0. The first-order chi connectivity index (χ1) is 6.71. The Morgan fingerprint density at radius 1 is 1.40 bits per heavy atom. The summed E-state index contributed by atoms with van der Waals surface area (Å²) in [7, 11) is 0. The molecule has 0 bridgehead atoms. The third kappa shape index (κ3) is 5.58. The van der Waals surface area contributed by atoms with Crippen LogP contribution < -0.4 is 11.1 Å². The topological polar surface area (TPSA) is 64.3 Å². The lowest BCUT2D eigenvalue weighted by Gasteiger charge is -2.26. The summed E-state index contributed by atoms with van der Waals surface area (Å²) in [6.07, 6.45) is -4.40. The molecule has 0 aromatic rings. The average Bonchev–Trinajstić information content (AvgIpc) is 2.01. The minimum atomic E-state index is -4.40. The van der Waals surface area contributed by atoms with Crippen LogP contribution in [0.25, 0.3) is 0 Å². The highest BCUT2D eigenvalue weighted by atomic mass is 19.4. The molecule has 3 N–H and O–H groups in total. The molecule has 1 amide bonds. The highest BCUT2D eigenvalue weighted by molar-refractivity contribution is 5.84. The molecule has 90 valence electrons. The number of rotatable bonds is 6. The molecular formula is C8H15F3N2O2. The molecule has 0 aliphatic rings. The van der Waals surface area contributed by atoms with E-state index in [2.05, 4.69) is 10.1 Å². The van der Waals surface area contributed by atoms with E-state index in [0.717, 1.165) is 0 Å². The van der Waals surface area contributed by atoms with Gasteiger partial charge in [-0.1, -0.05) is 6.92 Å². The van der Waals surface area contributed by atoms with Crippen molar-refractivity contribution in [2.75, 3.05) is 19.8 Å². The van der Waals surface area contributed by atoms with Gasteiger partial charge in [-0.15, -0.1) is 0 Å². The predicted octanol–water partition coefficient (Wildman–Crippen LogP) is 0.419. The van der Waals surface area contributed by atoms with Crippen LogP contribution in [0.4, 0.5) is 13.2 Å². The number of nitrogens with two attached hydrogens (primary N) is 1. The van der Waals surface area contributed by atoms with E-state index in [9.17, 15) is 18.0 Å². The van der Waals surface area contributed by atoms with Gasteiger partial charge >= 0.3 is 6.18 Å². The third-order valence-electron chi connectivity index (χ3n) is 1.77. The zero-order valence-corrected chi connectivity index (χ0v) is 8.65. The van der Waals surface area contributed by atoms with E-state index in [1.165, 1.54) is 6.92 Å². The molecule has 0 rings (SSSR count). The van der Waals surface area contributed by atoms with Crippen LogP contribution in [0.15, 0.2) is 0 Å². The van der Waals surface area contributed by atoms with Crippen molar-refractivity contribution in [1.82, 2.24) is 5.32 Å². The van der Waals surface area contributed by atoms with E-state index in [4.69, 9.17) is 5.73 Å². The Balaban J connectivity index is 4.14. The van der Waals surface area contributed by atoms with Crippen molar-refractivity contribution in [3.05, 3.63) is 0 Å². The molecule has 7 heteroatoms. The summed E-state index contributed by atoms with van der Waals surface area (Å²) in [6.45, 7) is 1.73. The summed E-state index contributed by atoms with van der Waals surface area (Å²) in [5, 5.41) is 2.68. The summed E-state index contributed by atoms with van der Waals surface area (Å²) >= 11 is 0. The zero-order valence-electron chi connectivity index (χ0n) is 8.65. The molecule has 0 aliphatic heterocycles. The minimum Gasteiger partial charge on any atom is -0.370 e. The van der Waals surface area contributed by atoms with Crippen molar-refractivity contribution in [1.29, 1.82) is 0 Å². The van der Waals surface area contributed by atoms with Gasteiger partial charge in [-0.05, 0) is 13.5 Å². The van der Waals surface area contributed by atoms with Crippen LogP contribution in [-0.2, 0) is 9.53 Å². The standard InChI is InChI=1S/C8H15F3N2O2/c1-3-13-7(2,6(12)14)4-15-5-8(9,10)11/h13H,3-5H2,1-2H3,(H2,12,14). The maximum atomic E-state index is 11.8. The second kappa shape index (κ2) is 5.32. The van der Waals surface area contributed by atoms with Gasteiger partial charge in [0.1, 0.15) is 12.1 Å². The monoisotopic (exact) mass is 228 g/mol. The second-order valence-electron chi connectivity index (χ2n) is 3.33. The normalized spacial score (nSPS) is 16.1. The van der Waals surface area contributed by atoms with Gasteiger partial charge in [-0.2, -0.15) is 13.2 Å². The zero-order chi connectivity index (χ0) is 12.1. The van der Waals surface area contributed by atoms with Gasteiger partial charge in [-0.25, -0.2) is 0 Å². The lowest BCUT2D eigenvalue weighted by molar-refractivity contribution is -0.179. The molecule has 0 saturated heterocycles. The Labute approximate surface area is 86.0 Å². The molecule has 0 aromatic carbocycles. The molecule has 0 aromatic heterocycles. The van der Waals surface area contributed by atoms with Crippen LogP contribution in [0, 0.1) is 0 Å². The largest absolute Gasteiger partial charge is 0.411 e. The van der Waals surface area contributed by atoms with Gasteiger partial charge in [0.05, 0.1) is 6.61 Å². The Bertz CT molecular complexity index is 220. The number of hydrogen-bond donors (Lipinski definition) is 2. The molecule has 0 heterocycles. The predicted molar refractivity (Wildman–Crippen MR) is 48.2 cm³/mol. The van der Waals surface area contributed by atoms with E-state index in [-0.39, 0.29) is 0 Å². The first kappa shape index (κ1) is 14.2. The minimum absolute atomic E-state index is 0.407. The number of carbonyl (C=O) groups excluding carboxylic acids is 1. The lowest BCUT2D eigenvalue weighted by atomic mass is 10.0. The first-order valence-corrected chi connectivity index (χ1v) is 4.40. The fourth-order valence-electron chi connectivity index (χ4n) is 0.970. The van der Waals surface area contributed by atoms with Crippen LogP contribution in [0.1, 0.15) is 13.8 Å². The van der Waals surface area contributed by atoms with Gasteiger partial charge in [0.2, 0.25) is 5.91 Å². The second-order valence-corrected chi connectivity index (χ2v) is 3.33. The number of halogens is 3. The van der Waals surface area contributed by atoms with Crippen LogP contribution in [0.3, 0.4) is 0 Å². The van der Waals surface area contributed by atoms with E-state index in [0.29, 0.717) is 6.54 Å². The van der Waals surface area contributed by atoms with E-state index >= 15 is 0 Å². The fraction of sp³-hybridized carbons (Fsp3) is 0.875. The smallest absolute Gasteiger partial charge is 0.370 e. The van der Waals surface area contributed by atoms with Crippen LogP contribution in [0.2, 0.25) is 0 Å². The average molecular weight is 228 g/mol. The van der Waals surface area contributed by atoms with Crippen molar-refractivity contribution in [3.8, 4) is 0 Å². The van der Waals surface area contributed by atoms with Crippen molar-refractivity contribution >= 4 is 5.91 Å². The Morgan fingerprint density at radius 3 is 2.27 bits per heavy atom. The van der Waals surface area contributed by atoms with Crippen LogP contribution in [-0.4, -0.2) is 37.4 Å². The molecule has 15 heavy (non-hydrogen) atoms. The van der Waals surface area contributed by atoms with Gasteiger partial charge in [0.15, 0.2) is 0 Å². The molecule has 4 nitrogen and oxygen atoms in total. The summed E-state index contributed by atoms with van der Waals surface area (Å²) in [5.74, 6) is -0.744. The van der Waals surface area contributed by atoms with Crippen LogP contribution in [0.5, 0.6) is 0 Å². The lowest BCUT2D eigenvalue weighted by Crippen LogP contribution is -2.56. The van der Waals surface area contributed by atoms with Crippen molar-refractivity contribution in [3.63, 3.8) is 0 Å². The highest BCUT2D eigenvalue weighted by Crippen LogP contribution is 2.15.